The average Bonchev–Trinajstić information content (AvgIpc) is 3.00. The Labute approximate surface area is 138 Å². The number of nitriles is 1. The predicted octanol–water partition coefficient (Wildman–Crippen LogP) is 2.41. The fourth-order valence-electron chi connectivity index (χ4n) is 2.36. The number of nitrogens with zero attached hydrogens (tertiary/aromatic N) is 3. The van der Waals surface area contributed by atoms with E-state index in [1.807, 2.05) is 19.1 Å². The van der Waals surface area contributed by atoms with Gasteiger partial charge in [-0.3, -0.25) is 5.10 Å². The maximum Gasteiger partial charge on any atom is 0.340 e. The van der Waals surface area contributed by atoms with Crippen molar-refractivity contribution in [3.05, 3.63) is 53.3 Å². The molecule has 0 aliphatic rings. The van der Waals surface area contributed by atoms with E-state index in [2.05, 4.69) is 20.5 Å². The number of para-hydroxylation sites is 1. The van der Waals surface area contributed by atoms with Crippen molar-refractivity contribution in [2.45, 2.75) is 6.92 Å². The fourth-order valence-corrected chi connectivity index (χ4v) is 2.36. The van der Waals surface area contributed by atoms with Crippen molar-refractivity contribution in [1.29, 1.82) is 5.26 Å². The average molecular weight is 321 g/mol. The van der Waals surface area contributed by atoms with Crippen LogP contribution in [0.25, 0.3) is 10.9 Å². The molecule has 0 unspecified atom stereocenters. The van der Waals surface area contributed by atoms with Crippen molar-refractivity contribution < 1.29 is 9.53 Å². The lowest BCUT2D eigenvalue weighted by Crippen LogP contribution is -2.15. The summed E-state index contributed by atoms with van der Waals surface area (Å²) in [5, 5.41) is 19.9. The summed E-state index contributed by atoms with van der Waals surface area (Å²) in [5.41, 5.74) is 2.37. The van der Waals surface area contributed by atoms with Crippen molar-refractivity contribution in [3.8, 4) is 6.07 Å². The van der Waals surface area contributed by atoms with Gasteiger partial charge >= 0.3 is 5.97 Å². The lowest BCUT2D eigenvalue weighted by atomic mass is 10.1. The molecule has 0 aliphatic heterocycles. The number of esters is 1. The summed E-state index contributed by atoms with van der Waals surface area (Å²) >= 11 is 0. The smallest absolute Gasteiger partial charge is 0.340 e. The number of H-pyrrole nitrogens is 1. The maximum absolute atomic E-state index is 12.2. The van der Waals surface area contributed by atoms with E-state index in [9.17, 15) is 4.79 Å². The first-order valence-corrected chi connectivity index (χ1v) is 7.40. The molecular weight excluding hydrogens is 306 g/mol. The maximum atomic E-state index is 12.2. The number of aryl methyl sites for hydroxylation is 1. The molecule has 3 aromatic rings. The van der Waals surface area contributed by atoms with Gasteiger partial charge in [-0.1, -0.05) is 12.1 Å². The molecule has 0 atom stereocenters. The van der Waals surface area contributed by atoms with Crippen molar-refractivity contribution in [1.82, 2.24) is 15.2 Å². The molecule has 0 radical (unpaired) electrons. The Hall–Kier alpha value is -3.40. The summed E-state index contributed by atoms with van der Waals surface area (Å²) in [4.78, 5) is 16.3. The van der Waals surface area contributed by atoms with Crippen LogP contribution in [0.4, 0.5) is 5.82 Å². The van der Waals surface area contributed by atoms with Gasteiger partial charge in [0.15, 0.2) is 0 Å². The Morgan fingerprint density at radius 2 is 2.25 bits per heavy atom. The van der Waals surface area contributed by atoms with Crippen LogP contribution in [0.5, 0.6) is 0 Å². The summed E-state index contributed by atoms with van der Waals surface area (Å²) in [6.07, 6.45) is 1.59. The van der Waals surface area contributed by atoms with E-state index in [-0.39, 0.29) is 6.61 Å². The first-order valence-electron chi connectivity index (χ1n) is 7.40. The van der Waals surface area contributed by atoms with Gasteiger partial charge in [-0.05, 0) is 25.1 Å². The number of hydrogen-bond acceptors (Lipinski definition) is 6. The van der Waals surface area contributed by atoms with E-state index < -0.39 is 5.97 Å². The van der Waals surface area contributed by atoms with Crippen LogP contribution in [-0.4, -0.2) is 34.3 Å². The Morgan fingerprint density at radius 3 is 3.08 bits per heavy atom. The SMILES string of the molecule is Cc1[nH]nc2c(C(=O)OCCNc3ncccc3C#N)cccc12. The Kier molecular flexibility index (Phi) is 4.38. The number of aromatic nitrogens is 3. The highest BCUT2D eigenvalue weighted by Gasteiger charge is 2.14. The minimum atomic E-state index is -0.435. The molecule has 24 heavy (non-hydrogen) atoms. The molecule has 2 N–H and O–H groups in total. The third-order valence-corrected chi connectivity index (χ3v) is 3.55. The topological polar surface area (TPSA) is 104 Å². The van der Waals surface area contributed by atoms with E-state index >= 15 is 0 Å². The number of rotatable bonds is 5. The summed E-state index contributed by atoms with van der Waals surface area (Å²) < 4.78 is 5.27. The Bertz CT molecular complexity index is 926. The molecule has 3 rings (SSSR count). The number of anilines is 1. The zero-order valence-electron chi connectivity index (χ0n) is 13.0. The number of nitrogens with one attached hydrogen (secondary N) is 2. The molecule has 2 heterocycles. The Balaban J connectivity index is 1.61. The normalized spacial score (nSPS) is 10.3. The minimum Gasteiger partial charge on any atom is -0.460 e. The standard InChI is InChI=1S/C17H15N5O2/c1-11-13-5-2-6-14(15(13)22-21-11)17(23)24-9-8-20-16-12(10-18)4-3-7-19-16/h2-7H,8-9H2,1H3,(H,19,20)(H,21,22). The van der Waals surface area contributed by atoms with E-state index in [1.54, 1.807) is 30.5 Å². The van der Waals surface area contributed by atoms with E-state index in [0.29, 0.717) is 29.0 Å². The number of fused-ring (bicyclic) bond motifs is 1. The fraction of sp³-hybridized carbons (Fsp3) is 0.176. The second-order valence-electron chi connectivity index (χ2n) is 5.12. The molecule has 0 spiro atoms. The van der Waals surface area contributed by atoms with Crippen LogP contribution in [0, 0.1) is 18.3 Å². The second-order valence-corrected chi connectivity index (χ2v) is 5.12. The first-order chi connectivity index (χ1) is 11.7. The monoisotopic (exact) mass is 321 g/mol. The lowest BCUT2D eigenvalue weighted by Gasteiger charge is -2.08. The number of benzene rings is 1. The molecule has 0 fully saturated rings. The molecule has 120 valence electrons. The van der Waals surface area contributed by atoms with Gasteiger partial charge in [0, 0.05) is 17.3 Å². The number of ether oxygens (including phenoxy) is 1. The molecule has 2 aromatic heterocycles. The van der Waals surface area contributed by atoms with Crippen molar-refractivity contribution in [2.24, 2.45) is 0 Å². The molecule has 1 aromatic carbocycles. The van der Waals surface area contributed by atoms with Gasteiger partial charge in [-0.15, -0.1) is 0 Å². The molecule has 0 saturated carbocycles. The van der Waals surface area contributed by atoms with Crippen LogP contribution in [-0.2, 0) is 4.74 Å². The van der Waals surface area contributed by atoms with Gasteiger partial charge in [-0.25, -0.2) is 9.78 Å². The van der Waals surface area contributed by atoms with Crippen molar-refractivity contribution >= 4 is 22.7 Å². The summed E-state index contributed by atoms with van der Waals surface area (Å²) in [5.74, 6) is 0.0384. The number of hydrogen-bond donors (Lipinski definition) is 2. The molecular formula is C17H15N5O2. The van der Waals surface area contributed by atoms with E-state index in [4.69, 9.17) is 10.00 Å². The highest BCUT2D eigenvalue weighted by atomic mass is 16.5. The van der Waals surface area contributed by atoms with Crippen LogP contribution in [0.2, 0.25) is 0 Å². The largest absolute Gasteiger partial charge is 0.460 e. The third-order valence-electron chi connectivity index (χ3n) is 3.55. The van der Waals surface area contributed by atoms with E-state index in [0.717, 1.165) is 11.1 Å². The number of carbonyl (C=O) groups is 1. The quantitative estimate of drug-likeness (QED) is 0.552. The number of aromatic amines is 1. The van der Waals surface area contributed by atoms with Crippen LogP contribution >= 0.6 is 0 Å². The van der Waals surface area contributed by atoms with Crippen LogP contribution < -0.4 is 5.32 Å². The third kappa shape index (κ3) is 3.03. The second kappa shape index (κ2) is 6.79. The van der Waals surface area contributed by atoms with E-state index in [1.165, 1.54) is 0 Å². The summed E-state index contributed by atoms with van der Waals surface area (Å²) in [7, 11) is 0. The van der Waals surface area contributed by atoms with Crippen LogP contribution in [0.1, 0.15) is 21.6 Å². The molecule has 0 amide bonds. The lowest BCUT2D eigenvalue weighted by molar-refractivity contribution is 0.0522. The van der Waals surface area contributed by atoms with Crippen molar-refractivity contribution in [2.75, 3.05) is 18.5 Å². The minimum absolute atomic E-state index is 0.153. The summed E-state index contributed by atoms with van der Waals surface area (Å²) in [6.45, 7) is 2.40. The molecule has 0 aliphatic carbocycles. The van der Waals surface area contributed by atoms with Gasteiger partial charge in [-0.2, -0.15) is 10.4 Å². The molecule has 0 saturated heterocycles. The van der Waals surface area contributed by atoms with Gasteiger partial charge in [0.25, 0.3) is 0 Å². The highest BCUT2D eigenvalue weighted by Crippen LogP contribution is 2.19. The zero-order chi connectivity index (χ0) is 16.9. The van der Waals surface area contributed by atoms with Gasteiger partial charge in [0.2, 0.25) is 0 Å². The van der Waals surface area contributed by atoms with Gasteiger partial charge in [0.05, 0.1) is 17.7 Å². The van der Waals surface area contributed by atoms with Gasteiger partial charge in [0.1, 0.15) is 24.0 Å². The molecule has 7 nitrogen and oxygen atoms in total. The number of pyridine rings is 1. The summed E-state index contributed by atoms with van der Waals surface area (Å²) in [6, 6.07) is 10.8. The van der Waals surface area contributed by atoms with Crippen LogP contribution in [0.3, 0.4) is 0 Å². The van der Waals surface area contributed by atoms with Gasteiger partial charge < -0.3 is 10.1 Å². The molecule has 7 heteroatoms. The first kappa shape index (κ1) is 15.5. The highest BCUT2D eigenvalue weighted by molar-refractivity contribution is 6.03. The molecule has 0 bridgehead atoms. The van der Waals surface area contributed by atoms with Crippen LogP contribution in [0.15, 0.2) is 36.5 Å². The zero-order valence-corrected chi connectivity index (χ0v) is 13.0. The predicted molar refractivity (Wildman–Crippen MR) is 88.6 cm³/mol. The number of carbonyl (C=O) groups excluding carboxylic acids is 1. The van der Waals surface area contributed by atoms with Crippen molar-refractivity contribution in [3.63, 3.8) is 0 Å². The Morgan fingerprint density at radius 1 is 1.38 bits per heavy atom.